The number of hydrogen-bond acceptors (Lipinski definition) is 3. The predicted molar refractivity (Wildman–Crippen MR) is 87.5 cm³/mol. The Morgan fingerprint density at radius 2 is 1.65 bits per heavy atom. The van der Waals surface area contributed by atoms with Crippen LogP contribution in [0.15, 0.2) is 12.1 Å². The summed E-state index contributed by atoms with van der Waals surface area (Å²) in [6.07, 6.45) is 0. The van der Waals surface area contributed by atoms with Gasteiger partial charge in [0.15, 0.2) is 0 Å². The van der Waals surface area contributed by atoms with E-state index in [2.05, 4.69) is 5.32 Å². The highest BCUT2D eigenvalue weighted by atomic mass is 19.1. The van der Waals surface area contributed by atoms with Gasteiger partial charge >= 0.3 is 7.12 Å². The highest BCUT2D eigenvalue weighted by Crippen LogP contribution is 2.37. The Morgan fingerprint density at radius 1 is 1.09 bits per heavy atom. The minimum Gasteiger partial charge on any atom is -0.399 e. The van der Waals surface area contributed by atoms with Crippen LogP contribution in [-0.4, -0.2) is 30.8 Å². The van der Waals surface area contributed by atoms with Gasteiger partial charge in [-0.3, -0.25) is 4.79 Å². The molecular weight excluding hydrogens is 296 g/mol. The third kappa shape index (κ3) is 2.48. The van der Waals surface area contributed by atoms with Gasteiger partial charge in [0.05, 0.1) is 11.2 Å². The molecule has 6 heteroatoms. The summed E-state index contributed by atoms with van der Waals surface area (Å²) in [6, 6.07) is 3.03. The molecule has 124 valence electrons. The second kappa shape index (κ2) is 4.80. The van der Waals surface area contributed by atoms with Crippen LogP contribution in [0, 0.1) is 5.82 Å². The molecule has 0 spiro atoms. The lowest BCUT2D eigenvalue weighted by atomic mass is 9.71. The number of benzene rings is 1. The molecule has 4 nitrogen and oxygen atoms in total. The zero-order chi connectivity index (χ0) is 17.2. The molecule has 2 aliphatic heterocycles. The third-order valence-corrected chi connectivity index (χ3v) is 5.31. The van der Waals surface area contributed by atoms with Crippen molar-refractivity contribution in [1.82, 2.24) is 5.32 Å². The molecule has 1 N–H and O–H groups in total. The van der Waals surface area contributed by atoms with E-state index in [1.165, 1.54) is 6.07 Å². The molecule has 0 aliphatic carbocycles. The van der Waals surface area contributed by atoms with Gasteiger partial charge in [-0.2, -0.15) is 0 Å². The molecule has 0 aromatic heterocycles. The summed E-state index contributed by atoms with van der Waals surface area (Å²) < 4.78 is 26.5. The van der Waals surface area contributed by atoms with Crippen LogP contribution in [0.4, 0.5) is 4.39 Å². The molecule has 0 bridgehead atoms. The molecule has 0 radical (unpaired) electrons. The van der Waals surface area contributed by atoms with Gasteiger partial charge in [-0.1, -0.05) is 19.9 Å². The molecule has 2 heterocycles. The van der Waals surface area contributed by atoms with Crippen molar-refractivity contribution in [1.29, 1.82) is 0 Å². The van der Waals surface area contributed by atoms with Crippen LogP contribution in [0.1, 0.15) is 57.5 Å². The number of carbonyl (C=O) groups excluding carboxylic acids is 1. The summed E-state index contributed by atoms with van der Waals surface area (Å²) in [5.74, 6) is -0.714. The first-order valence-electron chi connectivity index (χ1n) is 7.92. The van der Waals surface area contributed by atoms with Crippen LogP contribution >= 0.6 is 0 Å². The number of hydrogen-bond donors (Lipinski definition) is 1. The Bertz CT molecular complexity index is 669. The van der Waals surface area contributed by atoms with Gasteiger partial charge in [0.1, 0.15) is 5.82 Å². The molecule has 1 aromatic rings. The first-order chi connectivity index (χ1) is 10.4. The number of fused-ring (bicyclic) bond motifs is 1. The Balaban J connectivity index is 2.08. The average Bonchev–Trinajstić information content (AvgIpc) is 2.62. The first-order valence-corrected chi connectivity index (χ1v) is 7.92. The minimum absolute atomic E-state index is 0.237. The van der Waals surface area contributed by atoms with E-state index < -0.39 is 24.1 Å². The predicted octanol–water partition coefficient (Wildman–Crippen LogP) is 2.15. The fourth-order valence-corrected chi connectivity index (χ4v) is 2.98. The van der Waals surface area contributed by atoms with Crippen molar-refractivity contribution in [3.63, 3.8) is 0 Å². The lowest BCUT2D eigenvalue weighted by Crippen LogP contribution is -2.46. The molecule has 1 amide bonds. The number of nitrogens with one attached hydrogen (secondary N) is 1. The summed E-state index contributed by atoms with van der Waals surface area (Å²) >= 11 is 0. The van der Waals surface area contributed by atoms with Gasteiger partial charge in [-0.05, 0) is 39.3 Å². The maximum absolute atomic E-state index is 14.6. The fraction of sp³-hybridized carbons (Fsp3) is 0.588. The van der Waals surface area contributed by atoms with E-state index >= 15 is 0 Å². The Hall–Kier alpha value is -1.40. The zero-order valence-corrected chi connectivity index (χ0v) is 14.5. The maximum Gasteiger partial charge on any atom is 0.497 e. The summed E-state index contributed by atoms with van der Waals surface area (Å²) in [5.41, 5.74) is 0.228. The van der Waals surface area contributed by atoms with Gasteiger partial charge in [0, 0.05) is 23.0 Å². The minimum atomic E-state index is -0.772. The third-order valence-electron chi connectivity index (χ3n) is 5.31. The average molecular weight is 319 g/mol. The van der Waals surface area contributed by atoms with E-state index in [0.29, 0.717) is 17.6 Å². The Kier molecular flexibility index (Phi) is 3.44. The van der Waals surface area contributed by atoms with E-state index in [1.807, 2.05) is 41.5 Å². The van der Waals surface area contributed by atoms with E-state index in [4.69, 9.17) is 9.31 Å². The van der Waals surface area contributed by atoms with Gasteiger partial charge in [0.2, 0.25) is 0 Å². The number of amides is 1. The van der Waals surface area contributed by atoms with Crippen molar-refractivity contribution < 1.29 is 18.5 Å². The monoisotopic (exact) mass is 319 g/mol. The summed E-state index contributed by atoms with van der Waals surface area (Å²) in [4.78, 5) is 12.0. The normalized spacial score (nSPS) is 24.3. The molecule has 1 aromatic carbocycles. The topological polar surface area (TPSA) is 47.6 Å². The van der Waals surface area contributed by atoms with E-state index in [0.717, 1.165) is 5.56 Å². The van der Waals surface area contributed by atoms with Gasteiger partial charge in [-0.15, -0.1) is 0 Å². The molecule has 1 saturated heterocycles. The largest absolute Gasteiger partial charge is 0.497 e. The van der Waals surface area contributed by atoms with Crippen molar-refractivity contribution in [2.45, 2.75) is 58.2 Å². The van der Waals surface area contributed by atoms with E-state index in [-0.39, 0.29) is 11.3 Å². The number of carbonyl (C=O) groups is 1. The first kappa shape index (κ1) is 16.5. The Morgan fingerprint density at radius 3 is 2.22 bits per heavy atom. The van der Waals surface area contributed by atoms with E-state index in [1.54, 1.807) is 6.07 Å². The second-order valence-electron chi connectivity index (χ2n) is 8.07. The van der Waals surface area contributed by atoms with E-state index in [9.17, 15) is 9.18 Å². The lowest BCUT2D eigenvalue weighted by molar-refractivity contribution is 0.00578. The van der Waals surface area contributed by atoms with Crippen LogP contribution in [0.2, 0.25) is 0 Å². The summed E-state index contributed by atoms with van der Waals surface area (Å²) in [7, 11) is -0.772. The van der Waals surface area contributed by atoms with Crippen molar-refractivity contribution in [2.75, 3.05) is 6.54 Å². The van der Waals surface area contributed by atoms with Crippen LogP contribution in [0.3, 0.4) is 0 Å². The molecule has 0 atom stereocenters. The Labute approximate surface area is 136 Å². The second-order valence-corrected chi connectivity index (χ2v) is 8.07. The van der Waals surface area contributed by atoms with Crippen molar-refractivity contribution in [3.05, 3.63) is 29.1 Å². The molecule has 23 heavy (non-hydrogen) atoms. The van der Waals surface area contributed by atoms with Crippen LogP contribution in [0.25, 0.3) is 0 Å². The SMILES string of the molecule is CC1(C)CNC(=O)c2cc(F)c(B3OC(C)(C)C(C)(C)O3)cc21. The lowest BCUT2D eigenvalue weighted by Gasteiger charge is -2.33. The highest BCUT2D eigenvalue weighted by Gasteiger charge is 2.52. The number of halogens is 1. The zero-order valence-electron chi connectivity index (χ0n) is 14.5. The van der Waals surface area contributed by atoms with Crippen molar-refractivity contribution in [2.24, 2.45) is 0 Å². The van der Waals surface area contributed by atoms with Gasteiger partial charge in [0.25, 0.3) is 5.91 Å². The smallest absolute Gasteiger partial charge is 0.399 e. The highest BCUT2D eigenvalue weighted by molar-refractivity contribution is 6.62. The number of rotatable bonds is 1. The van der Waals surface area contributed by atoms with Crippen molar-refractivity contribution >= 4 is 18.5 Å². The van der Waals surface area contributed by atoms with Crippen LogP contribution in [0.5, 0.6) is 0 Å². The van der Waals surface area contributed by atoms with Gasteiger partial charge in [-0.25, -0.2) is 4.39 Å². The fourth-order valence-electron chi connectivity index (χ4n) is 2.98. The standard InChI is InChI=1S/C17H23BFNO3/c1-15(2)9-20-14(21)10-7-13(19)12(8-11(10)15)18-22-16(3,4)17(5,6)23-18/h7-8H,9H2,1-6H3,(H,20,21). The molecule has 2 aliphatic rings. The van der Waals surface area contributed by atoms with Crippen molar-refractivity contribution in [3.8, 4) is 0 Å². The molecule has 0 unspecified atom stereocenters. The molecule has 3 rings (SSSR count). The summed E-state index contributed by atoms with van der Waals surface area (Å²) in [6.45, 7) is 12.3. The maximum atomic E-state index is 14.6. The van der Waals surface area contributed by atoms with Crippen LogP contribution < -0.4 is 10.8 Å². The van der Waals surface area contributed by atoms with Crippen LogP contribution in [-0.2, 0) is 14.7 Å². The molecular formula is C17H23BFNO3. The summed E-state index contributed by atoms with van der Waals surface area (Å²) in [5, 5.41) is 2.80. The molecule has 1 fully saturated rings. The van der Waals surface area contributed by atoms with Gasteiger partial charge < -0.3 is 14.6 Å². The quantitative estimate of drug-likeness (QED) is 0.807. The molecule has 0 saturated carbocycles.